The van der Waals surface area contributed by atoms with Gasteiger partial charge in [0.15, 0.2) is 0 Å². The summed E-state index contributed by atoms with van der Waals surface area (Å²) in [6, 6.07) is 11.5. The summed E-state index contributed by atoms with van der Waals surface area (Å²) in [5.74, 6) is 1.000. The molecule has 32 heavy (non-hydrogen) atoms. The average Bonchev–Trinajstić information content (AvgIpc) is 3.27. The predicted octanol–water partition coefficient (Wildman–Crippen LogP) is 6.14. The minimum absolute atomic E-state index is 0.0357. The van der Waals surface area contributed by atoms with Crippen molar-refractivity contribution >= 4 is 20.0 Å². The van der Waals surface area contributed by atoms with E-state index in [4.69, 9.17) is 4.89 Å². The van der Waals surface area contributed by atoms with Gasteiger partial charge >= 0.3 is 8.25 Å². The molecule has 3 rings (SSSR count). The zero-order valence-corrected chi connectivity index (χ0v) is 20.2. The lowest BCUT2D eigenvalue weighted by atomic mass is 9.75. The van der Waals surface area contributed by atoms with Crippen molar-refractivity contribution < 1.29 is 18.4 Å². The molecule has 0 amide bonds. The number of pyridine rings is 1. The number of hydrogen-bond donors (Lipinski definition) is 2. The van der Waals surface area contributed by atoms with Crippen molar-refractivity contribution in [1.82, 2.24) is 10.3 Å². The molecule has 0 spiro atoms. The van der Waals surface area contributed by atoms with Crippen LogP contribution in [0.15, 0.2) is 47.5 Å². The SMILES string of the molecule is O=[P+](O)OCCCNCc1ccc(SCCCCC2(c3ccccc3F)CCCC2)cn1. The Morgan fingerprint density at radius 3 is 2.69 bits per heavy atom. The van der Waals surface area contributed by atoms with Crippen molar-refractivity contribution in [2.24, 2.45) is 0 Å². The molecule has 1 unspecified atom stereocenters. The summed E-state index contributed by atoms with van der Waals surface area (Å²) >= 11 is 1.82. The van der Waals surface area contributed by atoms with Crippen LogP contribution in [0.5, 0.6) is 0 Å². The second-order valence-electron chi connectivity index (χ2n) is 8.36. The maximum atomic E-state index is 14.4. The summed E-state index contributed by atoms with van der Waals surface area (Å²) in [4.78, 5) is 14.2. The molecule has 1 heterocycles. The van der Waals surface area contributed by atoms with Gasteiger partial charge in [-0.25, -0.2) is 4.39 Å². The fourth-order valence-electron chi connectivity index (χ4n) is 4.51. The van der Waals surface area contributed by atoms with Gasteiger partial charge in [-0.1, -0.05) is 37.5 Å². The number of nitrogens with zero attached hydrogens (tertiary/aromatic N) is 1. The molecular weight excluding hydrogens is 446 g/mol. The van der Waals surface area contributed by atoms with Gasteiger partial charge in [-0.3, -0.25) is 4.98 Å². The smallest absolute Gasteiger partial charge is 0.311 e. The number of rotatable bonds is 14. The van der Waals surface area contributed by atoms with Gasteiger partial charge in [0.2, 0.25) is 0 Å². The first kappa shape index (κ1) is 25.3. The van der Waals surface area contributed by atoms with Crippen LogP contribution >= 0.6 is 20.0 Å². The Balaban J connectivity index is 1.34. The van der Waals surface area contributed by atoms with Crippen molar-refractivity contribution in [3.63, 3.8) is 0 Å². The normalized spacial score (nSPS) is 15.8. The first-order valence-corrected chi connectivity index (χ1v) is 13.5. The van der Waals surface area contributed by atoms with Crippen LogP contribution in [0, 0.1) is 5.82 Å². The van der Waals surface area contributed by atoms with E-state index in [0.717, 1.165) is 49.1 Å². The van der Waals surface area contributed by atoms with Crippen molar-refractivity contribution in [1.29, 1.82) is 0 Å². The number of nitrogens with one attached hydrogen (secondary N) is 1. The summed E-state index contributed by atoms with van der Waals surface area (Å²) in [6.07, 6.45) is 10.5. The lowest BCUT2D eigenvalue weighted by molar-refractivity contribution is 0.276. The molecule has 0 aliphatic heterocycles. The first-order chi connectivity index (χ1) is 15.6. The molecule has 0 radical (unpaired) electrons. The Bertz CT molecular complexity index is 847. The second kappa shape index (κ2) is 13.4. The van der Waals surface area contributed by atoms with E-state index >= 15 is 0 Å². The van der Waals surface area contributed by atoms with E-state index in [2.05, 4.69) is 20.9 Å². The van der Waals surface area contributed by atoms with Crippen LogP contribution in [-0.4, -0.2) is 28.8 Å². The van der Waals surface area contributed by atoms with Crippen LogP contribution in [0.1, 0.15) is 62.6 Å². The highest BCUT2D eigenvalue weighted by molar-refractivity contribution is 7.99. The van der Waals surface area contributed by atoms with Crippen LogP contribution in [0.2, 0.25) is 0 Å². The van der Waals surface area contributed by atoms with E-state index in [1.807, 2.05) is 36.2 Å². The van der Waals surface area contributed by atoms with Crippen LogP contribution in [-0.2, 0) is 21.0 Å². The highest BCUT2D eigenvalue weighted by Gasteiger charge is 2.36. The molecule has 0 bridgehead atoms. The quantitative estimate of drug-likeness (QED) is 0.193. The Morgan fingerprint density at radius 2 is 1.97 bits per heavy atom. The monoisotopic (exact) mass is 479 g/mol. The van der Waals surface area contributed by atoms with E-state index in [-0.39, 0.29) is 17.8 Å². The molecule has 1 atom stereocenters. The van der Waals surface area contributed by atoms with Crippen LogP contribution < -0.4 is 5.32 Å². The maximum Gasteiger partial charge on any atom is 0.694 e. The third kappa shape index (κ3) is 7.89. The largest absolute Gasteiger partial charge is 0.694 e. The summed E-state index contributed by atoms with van der Waals surface area (Å²) in [5, 5.41) is 3.25. The Labute approximate surface area is 195 Å². The van der Waals surface area contributed by atoms with Crippen LogP contribution in [0.3, 0.4) is 0 Å². The summed E-state index contributed by atoms with van der Waals surface area (Å²) in [6.45, 7) is 1.63. The minimum Gasteiger partial charge on any atom is -0.311 e. The standard InChI is InChI=1S/C24H32FN2O3PS/c25-23-9-2-1-8-22(23)24(12-3-4-13-24)14-5-6-17-32-21-11-10-20(27-19-21)18-26-15-7-16-30-31(28)29/h1-2,8-11,19,26H,3-7,12-18H2/p+1. The Morgan fingerprint density at radius 1 is 1.16 bits per heavy atom. The molecule has 1 aromatic heterocycles. The first-order valence-electron chi connectivity index (χ1n) is 11.4. The minimum atomic E-state index is -2.50. The topological polar surface area (TPSA) is 71.5 Å². The number of hydrogen-bond acceptors (Lipinski definition) is 5. The van der Waals surface area contributed by atoms with Gasteiger partial charge in [-0.2, -0.15) is 0 Å². The number of unbranched alkanes of at least 4 members (excludes halogenated alkanes) is 1. The number of aromatic nitrogens is 1. The van der Waals surface area contributed by atoms with Gasteiger partial charge in [0.1, 0.15) is 12.4 Å². The molecule has 1 aromatic carbocycles. The van der Waals surface area contributed by atoms with Crippen molar-refractivity contribution in [2.75, 3.05) is 18.9 Å². The molecule has 1 aliphatic carbocycles. The molecule has 1 saturated carbocycles. The van der Waals surface area contributed by atoms with Gasteiger partial charge in [0.05, 0.1) is 5.69 Å². The molecule has 1 fully saturated rings. The molecule has 8 heteroatoms. The number of benzene rings is 1. The summed E-state index contributed by atoms with van der Waals surface area (Å²) in [7, 11) is -2.50. The summed E-state index contributed by atoms with van der Waals surface area (Å²) in [5.41, 5.74) is 1.93. The Kier molecular flexibility index (Phi) is 10.5. The van der Waals surface area contributed by atoms with E-state index in [0.29, 0.717) is 19.5 Å². The third-order valence-corrected chi connectivity index (χ3v) is 7.60. The zero-order chi connectivity index (χ0) is 22.7. The van der Waals surface area contributed by atoms with Gasteiger partial charge in [0, 0.05) is 22.2 Å². The van der Waals surface area contributed by atoms with Gasteiger partial charge in [-0.05, 0) is 73.6 Å². The molecule has 1 aliphatic rings. The molecule has 2 N–H and O–H groups in total. The maximum absolute atomic E-state index is 14.4. The molecular formula is C24H33FN2O3PS+. The van der Waals surface area contributed by atoms with Gasteiger partial charge in [-0.15, -0.1) is 21.2 Å². The van der Waals surface area contributed by atoms with Crippen LogP contribution in [0.4, 0.5) is 4.39 Å². The van der Waals surface area contributed by atoms with Crippen LogP contribution in [0.25, 0.3) is 0 Å². The van der Waals surface area contributed by atoms with E-state index in [1.165, 1.54) is 17.7 Å². The van der Waals surface area contributed by atoms with Crippen molar-refractivity contribution in [3.05, 3.63) is 59.7 Å². The molecule has 174 valence electrons. The molecule has 0 saturated heterocycles. The lowest BCUT2D eigenvalue weighted by Gasteiger charge is -2.30. The fraction of sp³-hybridized carbons (Fsp3) is 0.542. The summed E-state index contributed by atoms with van der Waals surface area (Å²) < 4.78 is 29.5. The lowest BCUT2D eigenvalue weighted by Crippen LogP contribution is -2.23. The molecule has 5 nitrogen and oxygen atoms in total. The van der Waals surface area contributed by atoms with E-state index in [9.17, 15) is 8.96 Å². The second-order valence-corrected chi connectivity index (χ2v) is 10.3. The van der Waals surface area contributed by atoms with Gasteiger partial charge in [0.25, 0.3) is 0 Å². The third-order valence-electron chi connectivity index (χ3n) is 6.13. The highest BCUT2D eigenvalue weighted by Crippen LogP contribution is 2.45. The van der Waals surface area contributed by atoms with Gasteiger partial charge < -0.3 is 5.32 Å². The fourth-order valence-corrected chi connectivity index (χ4v) is 5.67. The molecule has 2 aromatic rings. The van der Waals surface area contributed by atoms with Crippen molar-refractivity contribution in [2.45, 2.75) is 68.2 Å². The number of thioether (sulfide) groups is 1. The average molecular weight is 480 g/mol. The van der Waals surface area contributed by atoms with E-state index < -0.39 is 8.25 Å². The predicted molar refractivity (Wildman–Crippen MR) is 127 cm³/mol. The highest BCUT2D eigenvalue weighted by atomic mass is 32.2. The Hall–Kier alpha value is -1.37. The van der Waals surface area contributed by atoms with E-state index in [1.54, 1.807) is 12.1 Å². The zero-order valence-electron chi connectivity index (χ0n) is 18.5. The van der Waals surface area contributed by atoms with Crippen molar-refractivity contribution in [3.8, 4) is 0 Å². The number of halogens is 1.